The van der Waals surface area contributed by atoms with Gasteiger partial charge >= 0.3 is 5.69 Å². The number of aromatic nitrogens is 2. The van der Waals surface area contributed by atoms with Crippen molar-refractivity contribution in [3.63, 3.8) is 0 Å². The van der Waals surface area contributed by atoms with Crippen LogP contribution in [0.1, 0.15) is 18.9 Å². The third-order valence-corrected chi connectivity index (χ3v) is 2.30. The Morgan fingerprint density at radius 2 is 2.36 bits per heavy atom. The molecule has 0 radical (unpaired) electrons. The highest BCUT2D eigenvalue weighted by Crippen LogP contribution is 1.95. The van der Waals surface area contributed by atoms with E-state index in [-0.39, 0.29) is 5.69 Å². The molecule has 78 valence electrons. The van der Waals surface area contributed by atoms with Crippen LogP contribution in [0.2, 0.25) is 0 Å². The molecule has 0 fully saturated rings. The summed E-state index contributed by atoms with van der Waals surface area (Å²) < 4.78 is 1.65. The van der Waals surface area contributed by atoms with Crippen molar-refractivity contribution >= 4 is 0 Å². The summed E-state index contributed by atoms with van der Waals surface area (Å²) in [5.74, 6) is 0. The van der Waals surface area contributed by atoms with Crippen LogP contribution in [-0.4, -0.2) is 22.6 Å². The first-order valence-electron chi connectivity index (χ1n) is 4.87. The van der Waals surface area contributed by atoms with Crippen LogP contribution in [0.25, 0.3) is 0 Å². The average molecular weight is 195 g/mol. The van der Waals surface area contributed by atoms with E-state index in [4.69, 9.17) is 0 Å². The molecule has 0 amide bonds. The maximum Gasteiger partial charge on any atom is 0.347 e. The summed E-state index contributed by atoms with van der Waals surface area (Å²) in [7, 11) is 1.91. The second-order valence-electron chi connectivity index (χ2n) is 3.46. The van der Waals surface area contributed by atoms with Crippen molar-refractivity contribution in [2.75, 3.05) is 7.05 Å². The molecule has 0 saturated heterocycles. The van der Waals surface area contributed by atoms with Crippen LogP contribution in [-0.2, 0) is 6.54 Å². The van der Waals surface area contributed by atoms with Crippen molar-refractivity contribution in [3.05, 3.63) is 28.4 Å². The Labute approximate surface area is 84.0 Å². The van der Waals surface area contributed by atoms with E-state index >= 15 is 0 Å². The minimum atomic E-state index is -0.177. The topological polar surface area (TPSA) is 46.9 Å². The fourth-order valence-electron chi connectivity index (χ4n) is 1.36. The van der Waals surface area contributed by atoms with Gasteiger partial charge in [-0.05, 0) is 26.0 Å². The molecule has 4 heteroatoms. The van der Waals surface area contributed by atoms with E-state index in [1.165, 1.54) is 0 Å². The Kier molecular flexibility index (Phi) is 3.83. The monoisotopic (exact) mass is 195 g/mol. The molecule has 14 heavy (non-hydrogen) atoms. The number of likely N-dealkylation sites (N-methyl/N-ethyl adjacent to an activating group) is 1. The standard InChI is InChI=1S/C10H17N3O/c1-4-9(11-3)7-13-6-8(2)5-12-10(13)14/h5-6,9,11H,4,7H2,1-3H3. The van der Waals surface area contributed by atoms with Crippen molar-refractivity contribution in [1.29, 1.82) is 0 Å². The summed E-state index contributed by atoms with van der Waals surface area (Å²) in [6.45, 7) is 4.71. The minimum absolute atomic E-state index is 0.177. The maximum absolute atomic E-state index is 11.4. The molecule has 0 aliphatic carbocycles. The smallest absolute Gasteiger partial charge is 0.315 e. The van der Waals surface area contributed by atoms with Gasteiger partial charge in [0.15, 0.2) is 0 Å². The Bertz CT molecular complexity index is 341. The molecule has 4 nitrogen and oxygen atoms in total. The molecule has 0 bridgehead atoms. The predicted octanol–water partition coefficient (Wildman–Crippen LogP) is 0.550. The van der Waals surface area contributed by atoms with Crippen molar-refractivity contribution in [2.45, 2.75) is 32.9 Å². The van der Waals surface area contributed by atoms with Crippen molar-refractivity contribution in [1.82, 2.24) is 14.9 Å². The average Bonchev–Trinajstić information content (AvgIpc) is 2.19. The molecule has 1 unspecified atom stereocenters. The molecule has 1 rings (SSSR count). The van der Waals surface area contributed by atoms with E-state index in [1.54, 1.807) is 10.8 Å². The Hall–Kier alpha value is -1.16. The van der Waals surface area contributed by atoms with Gasteiger partial charge in [-0.3, -0.25) is 4.57 Å². The Morgan fingerprint density at radius 1 is 1.64 bits per heavy atom. The van der Waals surface area contributed by atoms with Crippen molar-refractivity contribution in [3.8, 4) is 0 Å². The summed E-state index contributed by atoms with van der Waals surface area (Å²) in [6, 6.07) is 0.330. The number of aryl methyl sites for hydroxylation is 1. The highest BCUT2D eigenvalue weighted by molar-refractivity contribution is 4.99. The highest BCUT2D eigenvalue weighted by atomic mass is 16.1. The molecule has 0 saturated carbocycles. The fraction of sp³-hybridized carbons (Fsp3) is 0.600. The number of hydrogen-bond donors (Lipinski definition) is 1. The fourth-order valence-corrected chi connectivity index (χ4v) is 1.36. The zero-order valence-corrected chi connectivity index (χ0v) is 8.95. The van der Waals surface area contributed by atoms with Crippen molar-refractivity contribution in [2.24, 2.45) is 0 Å². The van der Waals surface area contributed by atoms with E-state index in [1.807, 2.05) is 20.2 Å². The van der Waals surface area contributed by atoms with E-state index in [9.17, 15) is 4.79 Å². The predicted molar refractivity (Wildman–Crippen MR) is 56.4 cm³/mol. The van der Waals surface area contributed by atoms with E-state index in [0.29, 0.717) is 12.6 Å². The van der Waals surface area contributed by atoms with Gasteiger partial charge in [-0.1, -0.05) is 6.92 Å². The van der Waals surface area contributed by atoms with Gasteiger partial charge in [0.05, 0.1) is 0 Å². The number of rotatable bonds is 4. The van der Waals surface area contributed by atoms with Crippen LogP contribution < -0.4 is 11.0 Å². The molecule has 1 aromatic heterocycles. The molecule has 0 aliphatic heterocycles. The van der Waals surface area contributed by atoms with Crippen molar-refractivity contribution < 1.29 is 0 Å². The van der Waals surface area contributed by atoms with Crippen LogP contribution in [0.3, 0.4) is 0 Å². The minimum Gasteiger partial charge on any atom is -0.315 e. The van der Waals surface area contributed by atoms with Crippen LogP contribution in [0.15, 0.2) is 17.2 Å². The quantitative estimate of drug-likeness (QED) is 0.763. The molecule has 0 spiro atoms. The summed E-state index contributed by atoms with van der Waals surface area (Å²) in [5.41, 5.74) is 0.833. The Balaban J connectivity index is 2.85. The van der Waals surface area contributed by atoms with Gasteiger partial charge in [0.2, 0.25) is 0 Å². The number of nitrogens with one attached hydrogen (secondary N) is 1. The maximum atomic E-state index is 11.4. The lowest BCUT2D eigenvalue weighted by atomic mass is 10.2. The number of hydrogen-bond acceptors (Lipinski definition) is 3. The summed E-state index contributed by atoms with van der Waals surface area (Å²) >= 11 is 0. The molecular weight excluding hydrogens is 178 g/mol. The molecular formula is C10H17N3O. The second kappa shape index (κ2) is 4.91. The lowest BCUT2D eigenvalue weighted by Crippen LogP contribution is -2.34. The van der Waals surface area contributed by atoms with Gasteiger partial charge in [0.25, 0.3) is 0 Å². The van der Waals surface area contributed by atoms with Crippen LogP contribution in [0, 0.1) is 6.92 Å². The Morgan fingerprint density at radius 3 is 2.93 bits per heavy atom. The van der Waals surface area contributed by atoms with Gasteiger partial charge in [0.1, 0.15) is 0 Å². The van der Waals surface area contributed by atoms with Crippen LogP contribution >= 0.6 is 0 Å². The lowest BCUT2D eigenvalue weighted by Gasteiger charge is -2.15. The first-order valence-corrected chi connectivity index (χ1v) is 4.87. The number of nitrogens with zero attached hydrogens (tertiary/aromatic N) is 2. The molecule has 0 aliphatic rings. The third kappa shape index (κ3) is 2.67. The van der Waals surface area contributed by atoms with Crippen LogP contribution in [0.4, 0.5) is 0 Å². The van der Waals surface area contributed by atoms with Gasteiger partial charge in [0, 0.05) is 25.0 Å². The lowest BCUT2D eigenvalue weighted by molar-refractivity contribution is 0.456. The van der Waals surface area contributed by atoms with Gasteiger partial charge in [-0.25, -0.2) is 9.78 Å². The molecule has 1 N–H and O–H groups in total. The van der Waals surface area contributed by atoms with E-state index in [2.05, 4.69) is 17.2 Å². The molecule has 1 heterocycles. The summed E-state index contributed by atoms with van der Waals surface area (Å²) in [6.07, 6.45) is 4.44. The zero-order chi connectivity index (χ0) is 10.6. The first-order chi connectivity index (χ1) is 6.67. The normalized spacial score (nSPS) is 12.8. The van der Waals surface area contributed by atoms with Gasteiger partial charge < -0.3 is 5.32 Å². The largest absolute Gasteiger partial charge is 0.347 e. The van der Waals surface area contributed by atoms with E-state index in [0.717, 1.165) is 12.0 Å². The summed E-state index contributed by atoms with van der Waals surface area (Å²) in [4.78, 5) is 15.1. The van der Waals surface area contributed by atoms with E-state index < -0.39 is 0 Å². The third-order valence-electron chi connectivity index (χ3n) is 2.30. The highest BCUT2D eigenvalue weighted by Gasteiger charge is 2.05. The zero-order valence-electron chi connectivity index (χ0n) is 8.95. The molecule has 0 aromatic carbocycles. The van der Waals surface area contributed by atoms with Crippen LogP contribution in [0.5, 0.6) is 0 Å². The summed E-state index contributed by atoms with van der Waals surface area (Å²) in [5, 5.41) is 3.16. The van der Waals surface area contributed by atoms with Gasteiger partial charge in [-0.2, -0.15) is 0 Å². The van der Waals surface area contributed by atoms with Gasteiger partial charge in [-0.15, -0.1) is 0 Å². The first kappa shape index (κ1) is 10.9. The molecule has 1 atom stereocenters. The molecule has 1 aromatic rings. The SMILES string of the molecule is CCC(Cn1cc(C)cnc1=O)NC. The second-order valence-corrected chi connectivity index (χ2v) is 3.46.